The van der Waals surface area contributed by atoms with Gasteiger partial charge in [0.15, 0.2) is 0 Å². The molecular weight excluding hydrogens is 359 g/mol. The lowest BCUT2D eigenvalue weighted by Gasteiger charge is -2.30. The third-order valence-corrected chi connectivity index (χ3v) is 4.94. The van der Waals surface area contributed by atoms with Crippen LogP contribution in [0.3, 0.4) is 0 Å². The summed E-state index contributed by atoms with van der Waals surface area (Å²) in [5, 5.41) is 12.9. The zero-order chi connectivity index (χ0) is 19.5. The van der Waals surface area contributed by atoms with Crippen LogP contribution >= 0.6 is 0 Å². The first-order chi connectivity index (χ1) is 13.6. The molecule has 0 bridgehead atoms. The molecule has 0 N–H and O–H groups in total. The van der Waals surface area contributed by atoms with Crippen molar-refractivity contribution >= 4 is 5.91 Å². The van der Waals surface area contributed by atoms with Gasteiger partial charge in [-0.25, -0.2) is 4.39 Å². The number of carbonyl (C=O) groups is 1. The summed E-state index contributed by atoms with van der Waals surface area (Å²) < 4.78 is 18.5. The van der Waals surface area contributed by atoms with Crippen molar-refractivity contribution in [2.75, 3.05) is 13.1 Å². The molecule has 140 valence electrons. The molecule has 4 rings (SSSR count). The number of aromatic nitrogens is 2. The molecular formula is C21H17FN4O2. The van der Waals surface area contributed by atoms with E-state index in [4.69, 9.17) is 9.78 Å². The van der Waals surface area contributed by atoms with E-state index in [0.29, 0.717) is 41.5 Å². The molecule has 1 saturated heterocycles. The van der Waals surface area contributed by atoms with Crippen molar-refractivity contribution < 1.29 is 13.7 Å². The van der Waals surface area contributed by atoms with Crippen molar-refractivity contribution in [3.05, 3.63) is 71.4 Å². The molecule has 2 heterocycles. The fraction of sp³-hybridized carbons (Fsp3) is 0.238. The van der Waals surface area contributed by atoms with E-state index in [9.17, 15) is 9.18 Å². The number of nitrogens with zero attached hydrogens (tertiary/aromatic N) is 4. The highest BCUT2D eigenvalue weighted by Crippen LogP contribution is 2.29. The Kier molecular flexibility index (Phi) is 4.85. The maximum Gasteiger partial charge on any atom is 0.253 e. The molecule has 28 heavy (non-hydrogen) atoms. The van der Waals surface area contributed by atoms with Gasteiger partial charge in [-0.1, -0.05) is 5.16 Å². The molecule has 1 amide bonds. The standard InChI is InChI=1S/C21H17FN4O2/c22-18-7-5-15(6-8-18)19-24-20(28-25-19)16-9-11-26(12-10-16)21(27)17-3-1-14(13-23)2-4-17/h1-8,16H,9-12H2. The molecule has 1 aromatic heterocycles. The SMILES string of the molecule is N#Cc1ccc(C(=O)N2CCC(c3nc(-c4ccc(F)cc4)no3)CC2)cc1. The van der Waals surface area contributed by atoms with Gasteiger partial charge in [-0.2, -0.15) is 10.2 Å². The van der Waals surface area contributed by atoms with Gasteiger partial charge in [0, 0.05) is 30.1 Å². The van der Waals surface area contributed by atoms with Crippen LogP contribution in [0.5, 0.6) is 0 Å². The van der Waals surface area contributed by atoms with Crippen molar-refractivity contribution in [2.24, 2.45) is 0 Å². The fourth-order valence-corrected chi connectivity index (χ4v) is 3.32. The number of nitriles is 1. The third-order valence-electron chi connectivity index (χ3n) is 4.94. The normalized spacial score (nSPS) is 14.6. The Hall–Kier alpha value is -3.53. The summed E-state index contributed by atoms with van der Waals surface area (Å²) in [6, 6.07) is 14.7. The number of likely N-dealkylation sites (tertiary alicyclic amines) is 1. The Labute approximate surface area is 161 Å². The quantitative estimate of drug-likeness (QED) is 0.695. The molecule has 0 unspecified atom stereocenters. The van der Waals surface area contributed by atoms with E-state index in [1.54, 1.807) is 41.3 Å². The van der Waals surface area contributed by atoms with Gasteiger partial charge in [-0.15, -0.1) is 0 Å². The lowest BCUT2D eigenvalue weighted by molar-refractivity contribution is 0.0704. The molecule has 0 aliphatic carbocycles. The molecule has 0 saturated carbocycles. The third kappa shape index (κ3) is 3.62. The van der Waals surface area contributed by atoms with Crippen LogP contribution in [-0.4, -0.2) is 34.0 Å². The summed E-state index contributed by atoms with van der Waals surface area (Å²) >= 11 is 0. The number of carbonyl (C=O) groups excluding carboxylic acids is 1. The van der Waals surface area contributed by atoms with Crippen LogP contribution in [-0.2, 0) is 0 Å². The minimum absolute atomic E-state index is 0.0412. The maximum atomic E-state index is 13.1. The Morgan fingerprint density at radius 3 is 2.43 bits per heavy atom. The van der Waals surface area contributed by atoms with E-state index in [2.05, 4.69) is 10.1 Å². The largest absolute Gasteiger partial charge is 0.339 e. The van der Waals surface area contributed by atoms with Crippen LogP contribution in [0.4, 0.5) is 4.39 Å². The molecule has 0 spiro atoms. The Bertz CT molecular complexity index is 1010. The fourth-order valence-electron chi connectivity index (χ4n) is 3.32. The number of amides is 1. The van der Waals surface area contributed by atoms with Crippen LogP contribution in [0.25, 0.3) is 11.4 Å². The lowest BCUT2D eigenvalue weighted by Crippen LogP contribution is -2.38. The van der Waals surface area contributed by atoms with Gasteiger partial charge in [0.25, 0.3) is 5.91 Å². The van der Waals surface area contributed by atoms with Crippen molar-refractivity contribution in [1.82, 2.24) is 15.0 Å². The molecule has 6 nitrogen and oxygen atoms in total. The highest BCUT2D eigenvalue weighted by atomic mass is 19.1. The molecule has 1 fully saturated rings. The number of rotatable bonds is 3. The van der Waals surface area contributed by atoms with Gasteiger partial charge in [0.1, 0.15) is 5.82 Å². The van der Waals surface area contributed by atoms with E-state index in [1.807, 2.05) is 6.07 Å². The Morgan fingerprint density at radius 1 is 1.11 bits per heavy atom. The molecule has 2 aromatic carbocycles. The maximum absolute atomic E-state index is 13.1. The van der Waals surface area contributed by atoms with Gasteiger partial charge in [-0.05, 0) is 61.4 Å². The summed E-state index contributed by atoms with van der Waals surface area (Å²) in [5.74, 6) is 0.717. The summed E-state index contributed by atoms with van der Waals surface area (Å²) in [6.07, 6.45) is 1.46. The zero-order valence-corrected chi connectivity index (χ0v) is 15.0. The highest BCUT2D eigenvalue weighted by Gasteiger charge is 2.28. The Morgan fingerprint density at radius 2 is 1.79 bits per heavy atom. The van der Waals surface area contributed by atoms with Crippen molar-refractivity contribution in [2.45, 2.75) is 18.8 Å². The average molecular weight is 376 g/mol. The zero-order valence-electron chi connectivity index (χ0n) is 15.0. The summed E-state index contributed by atoms with van der Waals surface area (Å²) in [7, 11) is 0. The number of hydrogen-bond acceptors (Lipinski definition) is 5. The lowest BCUT2D eigenvalue weighted by atomic mass is 9.96. The molecule has 7 heteroatoms. The molecule has 0 radical (unpaired) electrons. The van der Waals surface area contributed by atoms with Crippen LogP contribution in [0.15, 0.2) is 53.1 Å². The van der Waals surface area contributed by atoms with E-state index < -0.39 is 0 Å². The predicted molar refractivity (Wildman–Crippen MR) is 98.7 cm³/mol. The summed E-state index contributed by atoms with van der Waals surface area (Å²) in [5.41, 5.74) is 1.81. The van der Waals surface area contributed by atoms with E-state index in [1.165, 1.54) is 12.1 Å². The Balaban J connectivity index is 1.39. The van der Waals surface area contributed by atoms with E-state index in [0.717, 1.165) is 12.8 Å². The monoisotopic (exact) mass is 376 g/mol. The van der Waals surface area contributed by atoms with Crippen LogP contribution in [0, 0.1) is 17.1 Å². The number of hydrogen-bond donors (Lipinski definition) is 0. The van der Waals surface area contributed by atoms with Crippen molar-refractivity contribution in [3.63, 3.8) is 0 Å². The molecule has 0 atom stereocenters. The highest BCUT2D eigenvalue weighted by molar-refractivity contribution is 5.94. The second-order valence-corrected chi connectivity index (χ2v) is 6.72. The molecule has 1 aliphatic rings. The minimum Gasteiger partial charge on any atom is -0.339 e. The topological polar surface area (TPSA) is 83.0 Å². The van der Waals surface area contributed by atoms with Gasteiger partial charge in [0.05, 0.1) is 11.6 Å². The summed E-state index contributed by atoms with van der Waals surface area (Å²) in [4.78, 5) is 18.9. The minimum atomic E-state index is -0.313. The summed E-state index contributed by atoms with van der Waals surface area (Å²) in [6.45, 7) is 1.19. The molecule has 3 aromatic rings. The first kappa shape index (κ1) is 17.9. The predicted octanol–water partition coefficient (Wildman–Crippen LogP) is 3.77. The van der Waals surface area contributed by atoms with Crippen LogP contribution in [0.2, 0.25) is 0 Å². The van der Waals surface area contributed by atoms with Gasteiger partial charge >= 0.3 is 0 Å². The smallest absolute Gasteiger partial charge is 0.253 e. The first-order valence-electron chi connectivity index (χ1n) is 9.03. The second-order valence-electron chi connectivity index (χ2n) is 6.72. The first-order valence-corrected chi connectivity index (χ1v) is 9.03. The van der Waals surface area contributed by atoms with Crippen LogP contribution < -0.4 is 0 Å². The van der Waals surface area contributed by atoms with Crippen molar-refractivity contribution in [1.29, 1.82) is 5.26 Å². The second kappa shape index (κ2) is 7.61. The number of benzene rings is 2. The average Bonchev–Trinajstić information content (AvgIpc) is 3.24. The van der Waals surface area contributed by atoms with E-state index in [-0.39, 0.29) is 17.6 Å². The number of halogens is 1. The van der Waals surface area contributed by atoms with Crippen LogP contribution in [0.1, 0.15) is 40.6 Å². The van der Waals surface area contributed by atoms with Gasteiger partial charge in [0.2, 0.25) is 11.7 Å². The number of piperidine rings is 1. The van der Waals surface area contributed by atoms with Gasteiger partial charge < -0.3 is 9.42 Å². The molecule has 1 aliphatic heterocycles. The van der Waals surface area contributed by atoms with E-state index >= 15 is 0 Å². The van der Waals surface area contributed by atoms with Gasteiger partial charge in [-0.3, -0.25) is 4.79 Å². The van der Waals surface area contributed by atoms with Crippen molar-refractivity contribution in [3.8, 4) is 17.5 Å².